The summed E-state index contributed by atoms with van der Waals surface area (Å²) in [4.78, 5) is 24.5. The zero-order valence-corrected chi connectivity index (χ0v) is 16.2. The molecule has 0 unspecified atom stereocenters. The molecule has 3 N–H and O–H groups in total. The highest BCUT2D eigenvalue weighted by Crippen LogP contribution is 2.17. The van der Waals surface area contributed by atoms with Gasteiger partial charge in [0, 0.05) is 5.56 Å². The van der Waals surface area contributed by atoms with E-state index in [0.29, 0.717) is 35.8 Å². The van der Waals surface area contributed by atoms with Gasteiger partial charge in [0.15, 0.2) is 5.11 Å². The molecule has 0 aliphatic carbocycles. The average molecular weight is 399 g/mol. The maximum Gasteiger partial charge on any atom is 0.269 e. The Labute approximate surface area is 168 Å². The largest absolute Gasteiger partial charge is 0.493 e. The third-order valence-corrected chi connectivity index (χ3v) is 3.64. The Morgan fingerprint density at radius 1 is 1.04 bits per heavy atom. The van der Waals surface area contributed by atoms with E-state index >= 15 is 0 Å². The molecule has 2 aromatic rings. The van der Waals surface area contributed by atoms with Gasteiger partial charge in [0.05, 0.1) is 12.2 Å². The zero-order valence-electron chi connectivity index (χ0n) is 15.4. The molecule has 0 aliphatic heterocycles. The fourth-order valence-corrected chi connectivity index (χ4v) is 2.32. The molecule has 0 aliphatic rings. The minimum Gasteiger partial charge on any atom is -0.493 e. The van der Waals surface area contributed by atoms with E-state index in [1.165, 1.54) is 0 Å². The smallest absolute Gasteiger partial charge is 0.269 e. The number of amides is 2. The van der Waals surface area contributed by atoms with Crippen molar-refractivity contribution in [2.24, 2.45) is 0 Å². The van der Waals surface area contributed by atoms with Crippen LogP contribution in [0, 0.1) is 0 Å². The lowest BCUT2D eigenvalue weighted by molar-refractivity contribution is 0.0933. The van der Waals surface area contributed by atoms with Crippen molar-refractivity contribution in [1.82, 2.24) is 16.2 Å². The van der Waals surface area contributed by atoms with Gasteiger partial charge in [0.1, 0.15) is 18.1 Å². The number of ether oxygens (including phenoxy) is 2. The topological polar surface area (TPSA) is 88.7 Å². The van der Waals surface area contributed by atoms with Crippen molar-refractivity contribution in [2.75, 3.05) is 13.2 Å². The summed E-state index contributed by atoms with van der Waals surface area (Å²) in [6.07, 6.45) is 1.63. The molecule has 2 aromatic carbocycles. The molecule has 0 heterocycles. The zero-order chi connectivity index (χ0) is 20.4. The van der Waals surface area contributed by atoms with Crippen LogP contribution in [0.5, 0.6) is 11.5 Å². The molecule has 0 aromatic heterocycles. The number of rotatable bonds is 7. The summed E-state index contributed by atoms with van der Waals surface area (Å²) >= 11 is 5.05. The van der Waals surface area contributed by atoms with Gasteiger partial charge in [-0.1, -0.05) is 24.8 Å². The highest BCUT2D eigenvalue weighted by Gasteiger charge is 2.14. The van der Waals surface area contributed by atoms with E-state index in [9.17, 15) is 9.59 Å². The lowest BCUT2D eigenvalue weighted by Crippen LogP contribution is -2.48. The number of para-hydroxylation sites is 1. The fourth-order valence-electron chi connectivity index (χ4n) is 2.18. The Morgan fingerprint density at radius 3 is 2.43 bits per heavy atom. The van der Waals surface area contributed by atoms with Gasteiger partial charge in [-0.05, 0) is 55.5 Å². The molecule has 28 heavy (non-hydrogen) atoms. The number of benzene rings is 2. The summed E-state index contributed by atoms with van der Waals surface area (Å²) in [5.74, 6) is 0.217. The summed E-state index contributed by atoms with van der Waals surface area (Å²) in [5, 5.41) is 2.45. The van der Waals surface area contributed by atoms with E-state index in [2.05, 4.69) is 22.7 Å². The second-order valence-corrected chi connectivity index (χ2v) is 5.82. The SMILES string of the molecule is C=CCOc1ccc(C(=O)NNC(=S)NC(=O)c2ccccc2OCC)cc1. The Bertz CT molecular complexity index is 853. The highest BCUT2D eigenvalue weighted by molar-refractivity contribution is 7.80. The predicted molar refractivity (Wildman–Crippen MR) is 110 cm³/mol. The van der Waals surface area contributed by atoms with Crippen LogP contribution in [0.15, 0.2) is 61.2 Å². The second kappa shape index (κ2) is 10.7. The number of thiocarbonyl (C=S) groups is 1. The lowest BCUT2D eigenvalue weighted by Gasteiger charge is -2.13. The first-order chi connectivity index (χ1) is 13.5. The molecule has 0 bridgehead atoms. The molecule has 0 spiro atoms. The quantitative estimate of drug-likeness (QED) is 0.377. The van der Waals surface area contributed by atoms with Gasteiger partial charge in [0.2, 0.25) is 0 Å². The van der Waals surface area contributed by atoms with E-state index in [0.717, 1.165) is 0 Å². The number of hydrazine groups is 1. The van der Waals surface area contributed by atoms with Crippen molar-refractivity contribution in [3.8, 4) is 11.5 Å². The van der Waals surface area contributed by atoms with Crippen LogP contribution in [0.25, 0.3) is 0 Å². The van der Waals surface area contributed by atoms with Gasteiger partial charge in [-0.2, -0.15) is 0 Å². The van der Waals surface area contributed by atoms with Crippen LogP contribution in [0.3, 0.4) is 0 Å². The highest BCUT2D eigenvalue weighted by atomic mass is 32.1. The van der Waals surface area contributed by atoms with Gasteiger partial charge in [-0.3, -0.25) is 25.8 Å². The molecular weight excluding hydrogens is 378 g/mol. The van der Waals surface area contributed by atoms with Crippen molar-refractivity contribution in [2.45, 2.75) is 6.92 Å². The average Bonchev–Trinajstić information content (AvgIpc) is 2.71. The first kappa shape index (κ1) is 20.9. The minimum atomic E-state index is -0.445. The van der Waals surface area contributed by atoms with Crippen molar-refractivity contribution >= 4 is 29.1 Å². The van der Waals surface area contributed by atoms with Gasteiger partial charge < -0.3 is 9.47 Å². The summed E-state index contributed by atoms with van der Waals surface area (Å²) in [7, 11) is 0. The first-order valence-corrected chi connectivity index (χ1v) is 8.93. The Kier molecular flexibility index (Phi) is 7.98. The number of carbonyl (C=O) groups is 2. The van der Waals surface area contributed by atoms with Crippen LogP contribution in [0.2, 0.25) is 0 Å². The third kappa shape index (κ3) is 6.10. The van der Waals surface area contributed by atoms with Gasteiger partial charge in [-0.25, -0.2) is 0 Å². The van der Waals surface area contributed by atoms with Crippen molar-refractivity contribution in [3.63, 3.8) is 0 Å². The Hall–Kier alpha value is -3.39. The van der Waals surface area contributed by atoms with Gasteiger partial charge in [0.25, 0.3) is 11.8 Å². The Balaban J connectivity index is 1.87. The first-order valence-electron chi connectivity index (χ1n) is 8.52. The molecule has 2 amide bonds. The Morgan fingerprint density at radius 2 is 1.75 bits per heavy atom. The molecule has 8 heteroatoms. The molecular formula is C20H21N3O4S. The maximum atomic E-state index is 12.3. The van der Waals surface area contributed by atoms with Crippen LogP contribution < -0.4 is 25.6 Å². The second-order valence-electron chi connectivity index (χ2n) is 5.42. The van der Waals surface area contributed by atoms with Crippen LogP contribution in [-0.2, 0) is 0 Å². The maximum absolute atomic E-state index is 12.3. The molecule has 0 fully saturated rings. The van der Waals surface area contributed by atoms with Crippen molar-refractivity contribution < 1.29 is 19.1 Å². The summed E-state index contributed by atoms with van der Waals surface area (Å²) < 4.78 is 10.8. The van der Waals surface area contributed by atoms with E-state index in [-0.39, 0.29) is 5.11 Å². The van der Waals surface area contributed by atoms with Crippen molar-refractivity contribution in [3.05, 3.63) is 72.3 Å². The minimum absolute atomic E-state index is 0.0458. The molecule has 0 atom stereocenters. The standard InChI is InChI=1S/C20H21N3O4S/c1-3-13-27-15-11-9-14(10-12-15)18(24)22-23-20(28)21-19(25)16-7-5-6-8-17(16)26-4-2/h3,5-12H,1,4,13H2,2H3,(H,22,24)(H2,21,23,25,28). The number of nitrogens with one attached hydrogen (secondary N) is 3. The van der Waals surface area contributed by atoms with Crippen molar-refractivity contribution in [1.29, 1.82) is 0 Å². The fraction of sp³-hybridized carbons (Fsp3) is 0.150. The van der Waals surface area contributed by atoms with Gasteiger partial charge >= 0.3 is 0 Å². The molecule has 0 saturated carbocycles. The monoisotopic (exact) mass is 399 g/mol. The normalized spacial score (nSPS) is 9.75. The lowest BCUT2D eigenvalue weighted by atomic mass is 10.2. The summed E-state index contributed by atoms with van der Waals surface area (Å²) in [5.41, 5.74) is 5.66. The molecule has 0 saturated heterocycles. The van der Waals surface area contributed by atoms with E-state index in [1.54, 1.807) is 54.6 Å². The van der Waals surface area contributed by atoms with Gasteiger partial charge in [-0.15, -0.1) is 0 Å². The molecule has 146 valence electrons. The number of carbonyl (C=O) groups excluding carboxylic acids is 2. The van der Waals surface area contributed by atoms with Crippen LogP contribution in [0.1, 0.15) is 27.6 Å². The summed E-state index contributed by atoms with van der Waals surface area (Å²) in [6, 6.07) is 13.4. The van der Waals surface area contributed by atoms with Crippen LogP contribution in [-0.4, -0.2) is 30.1 Å². The van der Waals surface area contributed by atoms with E-state index < -0.39 is 11.8 Å². The van der Waals surface area contributed by atoms with E-state index in [1.807, 2.05) is 6.92 Å². The molecule has 2 rings (SSSR count). The van der Waals surface area contributed by atoms with Crippen LogP contribution >= 0.6 is 12.2 Å². The van der Waals surface area contributed by atoms with Crippen LogP contribution in [0.4, 0.5) is 0 Å². The predicted octanol–water partition coefficient (Wildman–Crippen LogP) is 2.60. The number of hydrogen-bond donors (Lipinski definition) is 3. The molecule has 7 nitrogen and oxygen atoms in total. The summed E-state index contributed by atoms with van der Waals surface area (Å²) in [6.45, 7) is 6.21. The number of hydrogen-bond acceptors (Lipinski definition) is 5. The third-order valence-electron chi connectivity index (χ3n) is 3.43. The molecule has 0 radical (unpaired) electrons. The van der Waals surface area contributed by atoms with E-state index in [4.69, 9.17) is 21.7 Å².